The van der Waals surface area contributed by atoms with E-state index in [2.05, 4.69) is 14.9 Å². The minimum absolute atomic E-state index is 0.0932. The summed E-state index contributed by atoms with van der Waals surface area (Å²) in [6.07, 6.45) is 1.07. The largest absolute Gasteiger partial charge is 0.430 e. The molecule has 6 nitrogen and oxygen atoms in total. The number of nitrogens with zero attached hydrogens (tertiary/aromatic N) is 1. The van der Waals surface area contributed by atoms with Gasteiger partial charge in [0.2, 0.25) is 0 Å². The molecule has 0 fully saturated rings. The van der Waals surface area contributed by atoms with Gasteiger partial charge in [0.15, 0.2) is 5.76 Å². The second-order valence-electron chi connectivity index (χ2n) is 4.69. The Morgan fingerprint density at radius 2 is 2.04 bits per heavy atom. The van der Waals surface area contributed by atoms with Crippen LogP contribution in [0.3, 0.4) is 0 Å². The fourth-order valence-corrected chi connectivity index (χ4v) is 1.94. The summed E-state index contributed by atoms with van der Waals surface area (Å²) in [6.45, 7) is 0.0932. The summed E-state index contributed by atoms with van der Waals surface area (Å²) < 4.78 is 23.4. The molecule has 0 atom stereocenters. The molecule has 0 spiro atoms. The van der Waals surface area contributed by atoms with E-state index in [9.17, 15) is 14.0 Å². The Morgan fingerprint density at radius 1 is 1.22 bits per heavy atom. The van der Waals surface area contributed by atoms with Crippen LogP contribution in [-0.4, -0.2) is 11.1 Å². The van der Waals surface area contributed by atoms with Crippen molar-refractivity contribution >= 4 is 5.91 Å². The monoisotopic (exact) mass is 314 g/mol. The quantitative estimate of drug-likeness (QED) is 0.799. The highest BCUT2D eigenvalue weighted by Crippen LogP contribution is 2.23. The van der Waals surface area contributed by atoms with E-state index in [1.807, 2.05) is 0 Å². The molecule has 2 heterocycles. The van der Waals surface area contributed by atoms with Crippen molar-refractivity contribution in [1.29, 1.82) is 0 Å². The topological polar surface area (TPSA) is 85.3 Å². The second kappa shape index (κ2) is 6.27. The number of benzene rings is 1. The summed E-state index contributed by atoms with van der Waals surface area (Å²) in [5.41, 5.74) is 0.409. The molecule has 0 aliphatic carbocycles. The third-order valence-corrected chi connectivity index (χ3v) is 3.09. The lowest BCUT2D eigenvalue weighted by molar-refractivity contribution is 0.0947. The average molecular weight is 314 g/mol. The van der Waals surface area contributed by atoms with Crippen LogP contribution in [0, 0.1) is 5.82 Å². The molecule has 3 aromatic rings. The van der Waals surface area contributed by atoms with Gasteiger partial charge in [-0.2, -0.15) is 0 Å². The van der Waals surface area contributed by atoms with Gasteiger partial charge in [-0.25, -0.2) is 9.18 Å². The standard InChI is InChI=1S/C16H11FN2O4/c17-13-4-2-1-3-12(13)14-7-11(19-23-14)8-18-16(21)10-5-6-15(20)22-9-10/h1-7,9H,8H2,(H,18,21). The molecular weight excluding hydrogens is 303 g/mol. The van der Waals surface area contributed by atoms with Gasteiger partial charge in [0.05, 0.1) is 17.7 Å². The van der Waals surface area contributed by atoms with Crippen molar-refractivity contribution in [1.82, 2.24) is 10.5 Å². The van der Waals surface area contributed by atoms with Crippen molar-refractivity contribution < 1.29 is 18.1 Å². The Labute approximate surface area is 129 Å². The van der Waals surface area contributed by atoms with Gasteiger partial charge in [-0.1, -0.05) is 17.3 Å². The molecule has 1 N–H and O–H groups in total. The van der Waals surface area contributed by atoms with Crippen LogP contribution in [0.2, 0.25) is 0 Å². The van der Waals surface area contributed by atoms with Gasteiger partial charge in [-0.05, 0) is 18.2 Å². The van der Waals surface area contributed by atoms with E-state index >= 15 is 0 Å². The molecule has 0 saturated heterocycles. The molecule has 2 aromatic heterocycles. The third kappa shape index (κ3) is 3.34. The molecule has 23 heavy (non-hydrogen) atoms. The average Bonchev–Trinajstić information content (AvgIpc) is 3.02. The maximum Gasteiger partial charge on any atom is 0.335 e. The van der Waals surface area contributed by atoms with Crippen molar-refractivity contribution in [2.24, 2.45) is 0 Å². The van der Waals surface area contributed by atoms with Crippen LogP contribution in [0.15, 0.2) is 62.5 Å². The minimum Gasteiger partial charge on any atom is -0.430 e. The number of nitrogens with one attached hydrogen (secondary N) is 1. The van der Waals surface area contributed by atoms with Gasteiger partial charge in [0.1, 0.15) is 17.8 Å². The third-order valence-electron chi connectivity index (χ3n) is 3.09. The van der Waals surface area contributed by atoms with Crippen molar-refractivity contribution in [2.75, 3.05) is 0 Å². The van der Waals surface area contributed by atoms with Crippen LogP contribution in [0.1, 0.15) is 16.1 Å². The number of rotatable bonds is 4. The van der Waals surface area contributed by atoms with Crippen molar-refractivity contribution in [3.05, 3.63) is 76.2 Å². The van der Waals surface area contributed by atoms with E-state index in [-0.39, 0.29) is 17.9 Å². The van der Waals surface area contributed by atoms with E-state index in [0.29, 0.717) is 11.3 Å². The molecule has 0 bridgehead atoms. The number of carbonyl (C=O) groups excluding carboxylic acids is 1. The highest BCUT2D eigenvalue weighted by atomic mass is 19.1. The summed E-state index contributed by atoms with van der Waals surface area (Å²) in [5.74, 6) is -0.569. The van der Waals surface area contributed by atoms with Crippen molar-refractivity contribution in [3.8, 4) is 11.3 Å². The SMILES string of the molecule is O=C(NCc1cc(-c2ccccc2F)on1)c1ccc(=O)oc1. The highest BCUT2D eigenvalue weighted by molar-refractivity contribution is 5.93. The van der Waals surface area contributed by atoms with Crippen LogP contribution in [0.5, 0.6) is 0 Å². The van der Waals surface area contributed by atoms with E-state index in [1.54, 1.807) is 24.3 Å². The number of carbonyl (C=O) groups is 1. The molecule has 0 aliphatic rings. The molecule has 3 rings (SSSR count). The Morgan fingerprint density at radius 3 is 2.78 bits per heavy atom. The zero-order valence-corrected chi connectivity index (χ0v) is 11.8. The number of halogens is 1. The zero-order chi connectivity index (χ0) is 16.2. The number of hydrogen-bond donors (Lipinski definition) is 1. The van der Waals surface area contributed by atoms with E-state index in [1.165, 1.54) is 12.1 Å². The van der Waals surface area contributed by atoms with Crippen LogP contribution in [0.4, 0.5) is 4.39 Å². The molecule has 0 saturated carbocycles. The van der Waals surface area contributed by atoms with Crippen LogP contribution < -0.4 is 10.9 Å². The molecule has 116 valence electrons. The molecule has 0 unspecified atom stereocenters. The van der Waals surface area contributed by atoms with Gasteiger partial charge in [-0.15, -0.1) is 0 Å². The fourth-order valence-electron chi connectivity index (χ4n) is 1.94. The molecule has 0 radical (unpaired) electrons. The van der Waals surface area contributed by atoms with Crippen molar-refractivity contribution in [2.45, 2.75) is 6.54 Å². The summed E-state index contributed by atoms with van der Waals surface area (Å²) >= 11 is 0. The van der Waals surface area contributed by atoms with Crippen LogP contribution in [0.25, 0.3) is 11.3 Å². The summed E-state index contributed by atoms with van der Waals surface area (Å²) in [7, 11) is 0. The lowest BCUT2D eigenvalue weighted by Gasteiger charge is -2.01. The molecule has 7 heteroatoms. The zero-order valence-electron chi connectivity index (χ0n) is 11.8. The summed E-state index contributed by atoms with van der Waals surface area (Å²) in [6, 6.07) is 10.2. The summed E-state index contributed by atoms with van der Waals surface area (Å²) in [4.78, 5) is 22.7. The first-order valence-corrected chi connectivity index (χ1v) is 6.71. The molecule has 0 aliphatic heterocycles. The maximum absolute atomic E-state index is 13.7. The Kier molecular flexibility index (Phi) is 4.01. The van der Waals surface area contributed by atoms with E-state index in [0.717, 1.165) is 12.3 Å². The first-order chi connectivity index (χ1) is 11.1. The minimum atomic E-state index is -0.535. The first-order valence-electron chi connectivity index (χ1n) is 6.71. The van der Waals surface area contributed by atoms with Gasteiger partial charge >= 0.3 is 5.63 Å². The lowest BCUT2D eigenvalue weighted by Crippen LogP contribution is -2.23. The molecule has 1 amide bonds. The number of amides is 1. The number of hydrogen-bond acceptors (Lipinski definition) is 5. The Bertz CT molecular complexity index is 880. The van der Waals surface area contributed by atoms with Gasteiger partial charge in [-0.3, -0.25) is 4.79 Å². The van der Waals surface area contributed by atoms with E-state index < -0.39 is 17.3 Å². The molecule has 1 aromatic carbocycles. The lowest BCUT2D eigenvalue weighted by atomic mass is 10.1. The van der Waals surface area contributed by atoms with Gasteiger partial charge in [0.25, 0.3) is 5.91 Å². The predicted octanol–water partition coefficient (Wildman–Crippen LogP) is 2.36. The van der Waals surface area contributed by atoms with Crippen LogP contribution in [-0.2, 0) is 6.54 Å². The van der Waals surface area contributed by atoms with Gasteiger partial charge < -0.3 is 14.3 Å². The van der Waals surface area contributed by atoms with E-state index in [4.69, 9.17) is 4.52 Å². The van der Waals surface area contributed by atoms with Gasteiger partial charge in [0, 0.05) is 12.1 Å². The fraction of sp³-hybridized carbons (Fsp3) is 0.0625. The molecular formula is C16H11FN2O4. The van der Waals surface area contributed by atoms with Crippen LogP contribution >= 0.6 is 0 Å². The first kappa shape index (κ1) is 14.7. The smallest absolute Gasteiger partial charge is 0.335 e. The Balaban J connectivity index is 1.68. The number of aromatic nitrogens is 1. The van der Waals surface area contributed by atoms with Crippen molar-refractivity contribution in [3.63, 3.8) is 0 Å². The second-order valence-corrected chi connectivity index (χ2v) is 4.69. The predicted molar refractivity (Wildman–Crippen MR) is 78.0 cm³/mol. The summed E-state index contributed by atoms with van der Waals surface area (Å²) in [5, 5.41) is 6.38. The maximum atomic E-state index is 13.7. The normalized spacial score (nSPS) is 10.5. The Hall–Kier alpha value is -3.22. The highest BCUT2D eigenvalue weighted by Gasteiger charge is 2.12.